The molecule has 1 N–H and O–H groups in total. The van der Waals surface area contributed by atoms with Crippen LogP contribution in [0.1, 0.15) is 45.1 Å². The molecule has 1 heterocycles. The minimum Gasteiger partial charge on any atom is -0.352 e. The predicted molar refractivity (Wildman–Crippen MR) is 108 cm³/mol. The second kappa shape index (κ2) is 8.85. The van der Waals surface area contributed by atoms with Gasteiger partial charge in [-0.3, -0.25) is 4.79 Å². The normalized spacial score (nSPS) is 11.3. The molecule has 4 heteroatoms. The third kappa shape index (κ3) is 4.57. The van der Waals surface area contributed by atoms with Gasteiger partial charge < -0.3 is 9.88 Å². The number of hydrogen-bond acceptors (Lipinski definition) is 1. The second-order valence-corrected chi connectivity index (χ2v) is 7.05. The van der Waals surface area contributed by atoms with Gasteiger partial charge in [-0.1, -0.05) is 32.8 Å². The van der Waals surface area contributed by atoms with Crippen LogP contribution < -0.4 is 5.32 Å². The van der Waals surface area contributed by atoms with Gasteiger partial charge in [0, 0.05) is 29.7 Å². The Bertz CT molecular complexity index is 892. The van der Waals surface area contributed by atoms with E-state index >= 15 is 0 Å². The third-order valence-electron chi connectivity index (χ3n) is 4.97. The number of aromatic nitrogens is 1. The number of fused-ring (bicyclic) bond motifs is 1. The first kappa shape index (κ1) is 19.2. The zero-order valence-electron chi connectivity index (χ0n) is 16.0. The summed E-state index contributed by atoms with van der Waals surface area (Å²) in [6, 6.07) is 14.7. The van der Waals surface area contributed by atoms with Crippen molar-refractivity contribution in [1.82, 2.24) is 9.88 Å². The van der Waals surface area contributed by atoms with E-state index in [9.17, 15) is 9.18 Å². The summed E-state index contributed by atoms with van der Waals surface area (Å²) < 4.78 is 15.2. The van der Waals surface area contributed by atoms with E-state index in [4.69, 9.17) is 0 Å². The average Bonchev–Trinajstić information content (AvgIpc) is 3.10. The summed E-state index contributed by atoms with van der Waals surface area (Å²) in [6.45, 7) is 4.78. The van der Waals surface area contributed by atoms with E-state index in [0.717, 1.165) is 47.8 Å². The minimum atomic E-state index is -0.238. The van der Waals surface area contributed by atoms with E-state index in [-0.39, 0.29) is 17.6 Å². The Morgan fingerprint density at radius 1 is 1.04 bits per heavy atom. The third-order valence-corrected chi connectivity index (χ3v) is 4.97. The molecule has 0 bridgehead atoms. The first-order chi connectivity index (χ1) is 13.1. The summed E-state index contributed by atoms with van der Waals surface area (Å²) in [7, 11) is 0. The molecule has 3 nitrogen and oxygen atoms in total. The first-order valence-corrected chi connectivity index (χ1v) is 9.76. The first-order valence-electron chi connectivity index (χ1n) is 9.76. The van der Waals surface area contributed by atoms with Crippen molar-refractivity contribution in [3.05, 3.63) is 66.1 Å². The molecule has 0 fully saturated rings. The van der Waals surface area contributed by atoms with Crippen molar-refractivity contribution in [2.75, 3.05) is 0 Å². The Hall–Kier alpha value is -2.62. The fourth-order valence-electron chi connectivity index (χ4n) is 3.57. The molecule has 0 unspecified atom stereocenters. The number of benzene rings is 2. The smallest absolute Gasteiger partial charge is 0.223 e. The Morgan fingerprint density at radius 3 is 2.41 bits per heavy atom. The van der Waals surface area contributed by atoms with Crippen molar-refractivity contribution in [3.63, 3.8) is 0 Å². The highest BCUT2D eigenvalue weighted by atomic mass is 19.1. The molecule has 0 saturated heterocycles. The van der Waals surface area contributed by atoms with Crippen molar-refractivity contribution in [2.45, 2.75) is 46.1 Å². The molecule has 1 aromatic heterocycles. The highest BCUT2D eigenvalue weighted by Gasteiger charge is 2.16. The number of halogens is 1. The maximum absolute atomic E-state index is 13.2. The van der Waals surface area contributed by atoms with Gasteiger partial charge in [-0.05, 0) is 60.9 Å². The largest absolute Gasteiger partial charge is 0.352 e. The van der Waals surface area contributed by atoms with Crippen LogP contribution in [-0.4, -0.2) is 10.5 Å². The number of carbonyl (C=O) groups is 1. The summed E-state index contributed by atoms with van der Waals surface area (Å²) in [5.41, 5.74) is 3.07. The molecule has 1 amide bonds. The Kier molecular flexibility index (Phi) is 6.28. The zero-order valence-corrected chi connectivity index (χ0v) is 16.0. The van der Waals surface area contributed by atoms with Crippen molar-refractivity contribution >= 4 is 16.8 Å². The fourth-order valence-corrected chi connectivity index (χ4v) is 3.57. The van der Waals surface area contributed by atoms with Crippen molar-refractivity contribution < 1.29 is 9.18 Å². The van der Waals surface area contributed by atoms with Crippen LogP contribution in [0.15, 0.2) is 54.7 Å². The van der Waals surface area contributed by atoms with Gasteiger partial charge in [-0.2, -0.15) is 0 Å². The van der Waals surface area contributed by atoms with Gasteiger partial charge in [-0.15, -0.1) is 0 Å². The number of carbonyl (C=O) groups excluding carboxylic acids is 1. The van der Waals surface area contributed by atoms with Crippen molar-refractivity contribution in [1.29, 1.82) is 0 Å². The molecule has 0 aliphatic carbocycles. The van der Waals surface area contributed by atoms with E-state index < -0.39 is 0 Å². The zero-order chi connectivity index (χ0) is 19.2. The van der Waals surface area contributed by atoms with Gasteiger partial charge in [0.25, 0.3) is 0 Å². The number of nitrogens with one attached hydrogen (secondary N) is 1. The lowest BCUT2D eigenvalue weighted by atomic mass is 9.97. The quantitative estimate of drug-likeness (QED) is 0.553. The maximum atomic E-state index is 13.2. The summed E-state index contributed by atoms with van der Waals surface area (Å²) in [6.07, 6.45) is 5.93. The molecule has 27 heavy (non-hydrogen) atoms. The highest BCUT2D eigenvalue weighted by molar-refractivity contribution is 5.83. The predicted octanol–water partition coefficient (Wildman–Crippen LogP) is 5.60. The van der Waals surface area contributed by atoms with Gasteiger partial charge in [0.1, 0.15) is 5.82 Å². The van der Waals surface area contributed by atoms with Crippen LogP contribution >= 0.6 is 0 Å². The summed E-state index contributed by atoms with van der Waals surface area (Å²) in [5, 5.41) is 4.19. The Morgan fingerprint density at radius 2 is 1.74 bits per heavy atom. The average molecular weight is 366 g/mol. The topological polar surface area (TPSA) is 34.0 Å². The molecule has 3 aromatic rings. The fraction of sp³-hybridized carbons (Fsp3) is 0.348. The van der Waals surface area contributed by atoms with Crippen LogP contribution in [0.3, 0.4) is 0 Å². The van der Waals surface area contributed by atoms with Crippen LogP contribution in [0.4, 0.5) is 4.39 Å². The van der Waals surface area contributed by atoms with E-state index in [1.807, 2.05) is 22.9 Å². The molecule has 0 atom stereocenters. The lowest BCUT2D eigenvalue weighted by Crippen LogP contribution is -2.30. The maximum Gasteiger partial charge on any atom is 0.223 e. The SMILES string of the molecule is CCCC(CCC)C(=O)NCc1ccc2c(ccn2-c2ccc(F)cc2)c1. The van der Waals surface area contributed by atoms with E-state index in [2.05, 4.69) is 31.3 Å². The van der Waals surface area contributed by atoms with Crippen molar-refractivity contribution in [2.24, 2.45) is 5.92 Å². The molecule has 0 aliphatic heterocycles. The summed E-state index contributed by atoms with van der Waals surface area (Å²) in [4.78, 5) is 12.4. The number of hydrogen-bond donors (Lipinski definition) is 1. The number of rotatable bonds is 8. The van der Waals surface area contributed by atoms with E-state index in [1.165, 1.54) is 12.1 Å². The standard InChI is InChI=1S/C23H27FN2O/c1-3-5-18(6-4-2)23(27)25-16-17-7-12-22-19(15-17)13-14-26(22)21-10-8-20(24)9-11-21/h7-15,18H,3-6,16H2,1-2H3,(H,25,27). The summed E-state index contributed by atoms with van der Waals surface area (Å²) in [5.74, 6) is 0.0312. The lowest BCUT2D eigenvalue weighted by molar-refractivity contribution is -0.125. The molecule has 142 valence electrons. The summed E-state index contributed by atoms with van der Waals surface area (Å²) >= 11 is 0. The molecular weight excluding hydrogens is 339 g/mol. The van der Waals surface area contributed by atoms with Gasteiger partial charge in [0.05, 0.1) is 5.52 Å². The van der Waals surface area contributed by atoms with E-state index in [0.29, 0.717) is 6.54 Å². The van der Waals surface area contributed by atoms with Crippen LogP contribution in [0.25, 0.3) is 16.6 Å². The molecular formula is C23H27FN2O. The Labute approximate surface area is 160 Å². The van der Waals surface area contributed by atoms with Gasteiger partial charge in [0.15, 0.2) is 0 Å². The van der Waals surface area contributed by atoms with Gasteiger partial charge in [-0.25, -0.2) is 4.39 Å². The molecule has 2 aromatic carbocycles. The van der Waals surface area contributed by atoms with Crippen LogP contribution in [-0.2, 0) is 11.3 Å². The molecule has 0 spiro atoms. The highest BCUT2D eigenvalue weighted by Crippen LogP contribution is 2.22. The minimum absolute atomic E-state index is 0.114. The van der Waals surface area contributed by atoms with Crippen LogP contribution in [0.2, 0.25) is 0 Å². The van der Waals surface area contributed by atoms with Crippen molar-refractivity contribution in [3.8, 4) is 5.69 Å². The Balaban J connectivity index is 1.72. The lowest BCUT2D eigenvalue weighted by Gasteiger charge is -2.15. The molecule has 0 radical (unpaired) electrons. The molecule has 3 rings (SSSR count). The number of amides is 1. The second-order valence-electron chi connectivity index (χ2n) is 7.05. The number of nitrogens with zero attached hydrogens (tertiary/aromatic N) is 1. The van der Waals surface area contributed by atoms with E-state index in [1.54, 1.807) is 12.1 Å². The van der Waals surface area contributed by atoms with Crippen LogP contribution in [0, 0.1) is 11.7 Å². The monoisotopic (exact) mass is 366 g/mol. The van der Waals surface area contributed by atoms with Crippen LogP contribution in [0.5, 0.6) is 0 Å². The van der Waals surface area contributed by atoms with Gasteiger partial charge in [0.2, 0.25) is 5.91 Å². The molecule has 0 aliphatic rings. The molecule has 0 saturated carbocycles. The van der Waals surface area contributed by atoms with Gasteiger partial charge >= 0.3 is 0 Å².